The van der Waals surface area contributed by atoms with E-state index in [1.165, 1.54) is 0 Å². The van der Waals surface area contributed by atoms with Crippen LogP contribution < -0.4 is 0 Å². The Bertz CT molecular complexity index is 172. The number of alkyl halides is 1. The van der Waals surface area contributed by atoms with E-state index in [4.69, 9.17) is 0 Å². The van der Waals surface area contributed by atoms with Crippen LogP contribution >= 0.6 is 0 Å². The number of hydrogen-bond acceptors (Lipinski definition) is 0. The van der Waals surface area contributed by atoms with E-state index in [9.17, 15) is 4.39 Å². The molecule has 0 N–H and O–H groups in total. The highest BCUT2D eigenvalue weighted by Crippen LogP contribution is 2.51. The number of rotatable bonds is 0. The molecule has 1 aliphatic rings. The van der Waals surface area contributed by atoms with Gasteiger partial charge in [-0.05, 0) is 35.5 Å². The van der Waals surface area contributed by atoms with E-state index in [-0.39, 0.29) is 10.8 Å². The van der Waals surface area contributed by atoms with Gasteiger partial charge in [0, 0.05) is 0 Å². The molecule has 0 aromatic heterocycles. The van der Waals surface area contributed by atoms with Gasteiger partial charge in [-0.1, -0.05) is 41.5 Å². The van der Waals surface area contributed by atoms with Crippen molar-refractivity contribution < 1.29 is 4.39 Å². The van der Waals surface area contributed by atoms with Crippen molar-refractivity contribution in [1.29, 1.82) is 0 Å². The monoisotopic (exact) mass is 200 g/mol. The van der Waals surface area contributed by atoms with Crippen molar-refractivity contribution in [3.05, 3.63) is 0 Å². The van der Waals surface area contributed by atoms with Crippen LogP contribution in [0.15, 0.2) is 0 Å². The Kier molecular flexibility index (Phi) is 3.00. The van der Waals surface area contributed by atoms with Crippen molar-refractivity contribution in [1.82, 2.24) is 0 Å². The average Bonchev–Trinajstić information content (AvgIpc) is 2.27. The van der Waals surface area contributed by atoms with Crippen molar-refractivity contribution in [3.8, 4) is 0 Å². The van der Waals surface area contributed by atoms with Crippen molar-refractivity contribution in [2.75, 3.05) is 0 Å². The van der Waals surface area contributed by atoms with Gasteiger partial charge in [0.2, 0.25) is 0 Å². The van der Waals surface area contributed by atoms with Crippen molar-refractivity contribution in [2.24, 2.45) is 22.7 Å². The fourth-order valence-corrected chi connectivity index (χ4v) is 2.89. The van der Waals surface area contributed by atoms with Crippen LogP contribution in [0.5, 0.6) is 0 Å². The third-order valence-corrected chi connectivity index (χ3v) is 3.73. The van der Waals surface area contributed by atoms with E-state index in [1.807, 2.05) is 0 Å². The third-order valence-electron chi connectivity index (χ3n) is 3.73. The van der Waals surface area contributed by atoms with Gasteiger partial charge in [0.25, 0.3) is 0 Å². The molecule has 0 aromatic carbocycles. The topological polar surface area (TPSA) is 0 Å². The first-order chi connectivity index (χ1) is 6.12. The molecule has 1 aliphatic carbocycles. The molecule has 0 radical (unpaired) electrons. The molecule has 0 saturated heterocycles. The molecule has 14 heavy (non-hydrogen) atoms. The van der Waals surface area contributed by atoms with Crippen LogP contribution in [0.3, 0.4) is 0 Å². The highest BCUT2D eigenvalue weighted by Gasteiger charge is 2.45. The fourth-order valence-electron chi connectivity index (χ4n) is 2.89. The molecule has 0 nitrogen and oxygen atoms in total. The molecule has 2 atom stereocenters. The standard InChI is InChI=1S/C13H25F/c1-12(2,3)10-7-9(14)8-11(10)13(4,5)6/h9-11H,7-8H2,1-6H3. The zero-order valence-corrected chi connectivity index (χ0v) is 10.5. The average molecular weight is 200 g/mol. The van der Waals surface area contributed by atoms with Crippen LogP contribution in [0.4, 0.5) is 4.39 Å². The minimum absolute atomic E-state index is 0.249. The van der Waals surface area contributed by atoms with Crippen LogP contribution in [0.1, 0.15) is 54.4 Å². The fraction of sp³-hybridized carbons (Fsp3) is 1.00. The third kappa shape index (κ3) is 2.49. The maximum absolute atomic E-state index is 13.5. The molecule has 1 fully saturated rings. The van der Waals surface area contributed by atoms with E-state index in [2.05, 4.69) is 41.5 Å². The van der Waals surface area contributed by atoms with Gasteiger partial charge in [0.05, 0.1) is 0 Å². The van der Waals surface area contributed by atoms with Crippen LogP contribution in [0, 0.1) is 22.7 Å². The zero-order valence-electron chi connectivity index (χ0n) is 10.5. The van der Waals surface area contributed by atoms with Crippen molar-refractivity contribution in [3.63, 3.8) is 0 Å². The largest absolute Gasteiger partial charge is 0.247 e. The molecule has 1 saturated carbocycles. The molecule has 1 rings (SSSR count). The van der Waals surface area contributed by atoms with Crippen LogP contribution in [0.25, 0.3) is 0 Å². The molecule has 0 heterocycles. The van der Waals surface area contributed by atoms with Crippen LogP contribution in [0.2, 0.25) is 0 Å². The summed E-state index contributed by atoms with van der Waals surface area (Å²) in [6.45, 7) is 13.5. The second-order valence-corrected chi connectivity index (χ2v) is 7.01. The second-order valence-electron chi connectivity index (χ2n) is 7.01. The summed E-state index contributed by atoms with van der Waals surface area (Å²) in [5.74, 6) is 1.08. The lowest BCUT2D eigenvalue weighted by molar-refractivity contribution is 0.0992. The molecule has 84 valence electrons. The minimum Gasteiger partial charge on any atom is -0.247 e. The maximum atomic E-state index is 13.5. The van der Waals surface area contributed by atoms with Crippen LogP contribution in [-0.2, 0) is 0 Å². The molecule has 0 aromatic rings. The summed E-state index contributed by atoms with van der Waals surface area (Å²) in [6, 6.07) is 0. The molecule has 0 aliphatic heterocycles. The van der Waals surface area contributed by atoms with Gasteiger partial charge in [-0.15, -0.1) is 0 Å². The van der Waals surface area contributed by atoms with E-state index >= 15 is 0 Å². The predicted octanol–water partition coefficient (Wildman–Crippen LogP) is 4.44. The van der Waals surface area contributed by atoms with Gasteiger partial charge in [0.15, 0.2) is 0 Å². The van der Waals surface area contributed by atoms with Gasteiger partial charge in [0.1, 0.15) is 6.17 Å². The molecular weight excluding hydrogens is 175 g/mol. The van der Waals surface area contributed by atoms with Gasteiger partial charge in [-0.3, -0.25) is 0 Å². The van der Waals surface area contributed by atoms with Crippen molar-refractivity contribution >= 4 is 0 Å². The van der Waals surface area contributed by atoms with Gasteiger partial charge in [-0.25, -0.2) is 4.39 Å². The summed E-state index contributed by atoms with van der Waals surface area (Å²) in [5.41, 5.74) is 0.498. The van der Waals surface area contributed by atoms with E-state index in [1.54, 1.807) is 0 Å². The quantitative estimate of drug-likeness (QED) is 0.542. The molecule has 0 spiro atoms. The Hall–Kier alpha value is -0.0700. The molecule has 0 amide bonds. The number of halogens is 1. The second kappa shape index (κ2) is 3.50. The van der Waals surface area contributed by atoms with Gasteiger partial charge in [-0.2, -0.15) is 0 Å². The smallest absolute Gasteiger partial charge is 0.101 e. The van der Waals surface area contributed by atoms with E-state index in [0.29, 0.717) is 11.8 Å². The zero-order chi connectivity index (χ0) is 11.1. The SMILES string of the molecule is CC(C)(C)C1CC(F)CC1C(C)(C)C. The first-order valence-corrected chi connectivity index (χ1v) is 5.76. The summed E-state index contributed by atoms with van der Waals surface area (Å²) in [4.78, 5) is 0. The van der Waals surface area contributed by atoms with Crippen LogP contribution in [-0.4, -0.2) is 6.17 Å². The molecular formula is C13H25F. The summed E-state index contributed by atoms with van der Waals surface area (Å²) >= 11 is 0. The maximum Gasteiger partial charge on any atom is 0.101 e. The summed E-state index contributed by atoms with van der Waals surface area (Å²) in [5, 5.41) is 0. The Morgan fingerprint density at radius 2 is 1.07 bits per heavy atom. The highest BCUT2D eigenvalue weighted by molar-refractivity contribution is 4.94. The minimum atomic E-state index is -0.566. The predicted molar refractivity (Wildman–Crippen MR) is 60.0 cm³/mol. The van der Waals surface area contributed by atoms with Gasteiger partial charge < -0.3 is 0 Å². The lowest BCUT2D eigenvalue weighted by Gasteiger charge is -2.39. The van der Waals surface area contributed by atoms with E-state index < -0.39 is 6.17 Å². The summed E-state index contributed by atoms with van der Waals surface area (Å²) in [7, 11) is 0. The summed E-state index contributed by atoms with van der Waals surface area (Å²) in [6.07, 6.45) is 0.972. The highest BCUT2D eigenvalue weighted by atomic mass is 19.1. The Balaban J connectivity index is 2.84. The molecule has 1 heteroatoms. The lowest BCUT2D eigenvalue weighted by Crippen LogP contribution is -2.32. The first-order valence-electron chi connectivity index (χ1n) is 5.76. The van der Waals surface area contributed by atoms with Crippen molar-refractivity contribution in [2.45, 2.75) is 60.6 Å². The Morgan fingerprint density at radius 3 is 1.29 bits per heavy atom. The van der Waals surface area contributed by atoms with E-state index in [0.717, 1.165) is 12.8 Å². The normalized spacial score (nSPS) is 34.9. The molecule has 0 bridgehead atoms. The number of hydrogen-bond donors (Lipinski definition) is 0. The lowest BCUT2D eigenvalue weighted by atomic mass is 9.66. The molecule has 2 unspecified atom stereocenters. The first kappa shape index (κ1) is 12.0. The Labute approximate surface area is 88.3 Å². The van der Waals surface area contributed by atoms with Gasteiger partial charge >= 0.3 is 0 Å². The summed E-state index contributed by atoms with van der Waals surface area (Å²) < 4.78 is 13.5. The Morgan fingerprint density at radius 1 is 0.786 bits per heavy atom.